The fourth-order valence-electron chi connectivity index (χ4n) is 1.56. The lowest BCUT2D eigenvalue weighted by atomic mass is 10.4. The molecule has 1 saturated heterocycles. The summed E-state index contributed by atoms with van der Waals surface area (Å²) in [5.41, 5.74) is 0. The van der Waals surface area contributed by atoms with Crippen molar-refractivity contribution in [3.05, 3.63) is 6.20 Å². The van der Waals surface area contributed by atoms with Crippen LogP contribution in [0.1, 0.15) is 19.8 Å². The summed E-state index contributed by atoms with van der Waals surface area (Å²) in [6.07, 6.45) is 4.35. The number of carbonyl (C=O) groups excluding carboxylic acids is 1. The highest BCUT2D eigenvalue weighted by atomic mass is 32.1. The summed E-state index contributed by atoms with van der Waals surface area (Å²) in [5.74, 6) is -0.0627. The van der Waals surface area contributed by atoms with Crippen LogP contribution in [0.15, 0.2) is 6.20 Å². The van der Waals surface area contributed by atoms with E-state index in [2.05, 4.69) is 15.2 Å². The highest BCUT2D eigenvalue weighted by Gasteiger charge is 2.15. The molecule has 0 bridgehead atoms. The molecule has 0 saturated carbocycles. The molecule has 0 atom stereocenters. The summed E-state index contributed by atoms with van der Waals surface area (Å²) in [4.78, 5) is 17.2. The van der Waals surface area contributed by atoms with Crippen LogP contribution in [0.5, 0.6) is 0 Å². The predicted octanol–water partition coefficient (Wildman–Crippen LogP) is 1.70. The van der Waals surface area contributed by atoms with Crippen LogP contribution >= 0.6 is 11.3 Å². The van der Waals surface area contributed by atoms with E-state index < -0.39 is 0 Å². The monoisotopic (exact) mass is 211 g/mol. The molecule has 1 aliphatic rings. The topological polar surface area (TPSA) is 45.2 Å². The molecule has 76 valence electrons. The van der Waals surface area contributed by atoms with Crippen LogP contribution in [0, 0.1) is 0 Å². The van der Waals surface area contributed by atoms with Crippen LogP contribution in [0.25, 0.3) is 0 Å². The Kier molecular flexibility index (Phi) is 2.67. The minimum absolute atomic E-state index is 0.0627. The van der Waals surface area contributed by atoms with E-state index in [1.165, 1.54) is 19.8 Å². The lowest BCUT2D eigenvalue weighted by Gasteiger charge is -2.12. The quantitative estimate of drug-likeness (QED) is 0.810. The van der Waals surface area contributed by atoms with Gasteiger partial charge in [-0.1, -0.05) is 11.3 Å². The number of amides is 1. The Labute approximate surface area is 86.9 Å². The lowest BCUT2D eigenvalue weighted by molar-refractivity contribution is -0.114. The summed E-state index contributed by atoms with van der Waals surface area (Å²) >= 11 is 1.54. The van der Waals surface area contributed by atoms with E-state index in [4.69, 9.17) is 0 Å². The SMILES string of the molecule is CC(=O)Nc1ncc(N2CCCC2)s1. The van der Waals surface area contributed by atoms with Crippen molar-refractivity contribution in [3.8, 4) is 0 Å². The molecule has 1 fully saturated rings. The zero-order chi connectivity index (χ0) is 9.97. The van der Waals surface area contributed by atoms with Gasteiger partial charge in [-0.25, -0.2) is 4.98 Å². The average molecular weight is 211 g/mol. The van der Waals surface area contributed by atoms with Gasteiger partial charge in [0.15, 0.2) is 5.13 Å². The van der Waals surface area contributed by atoms with Gasteiger partial charge in [0.05, 0.1) is 6.20 Å². The Bertz CT molecular complexity index is 331. The fourth-order valence-corrected chi connectivity index (χ4v) is 2.47. The predicted molar refractivity (Wildman–Crippen MR) is 57.9 cm³/mol. The molecule has 0 aliphatic carbocycles. The third-order valence-corrected chi connectivity index (χ3v) is 3.17. The second-order valence-corrected chi connectivity index (χ2v) is 4.39. The van der Waals surface area contributed by atoms with Crippen molar-refractivity contribution in [2.24, 2.45) is 0 Å². The maximum absolute atomic E-state index is 10.8. The summed E-state index contributed by atoms with van der Waals surface area (Å²) in [6, 6.07) is 0. The minimum Gasteiger partial charge on any atom is -0.362 e. The molecule has 2 rings (SSSR count). The van der Waals surface area contributed by atoms with Gasteiger partial charge >= 0.3 is 0 Å². The highest BCUT2D eigenvalue weighted by molar-refractivity contribution is 7.19. The van der Waals surface area contributed by atoms with Gasteiger partial charge in [0.25, 0.3) is 0 Å². The van der Waals surface area contributed by atoms with Crippen LogP contribution in [0.3, 0.4) is 0 Å². The zero-order valence-corrected chi connectivity index (χ0v) is 8.93. The molecular weight excluding hydrogens is 198 g/mol. The Morgan fingerprint density at radius 1 is 1.57 bits per heavy atom. The maximum atomic E-state index is 10.8. The van der Waals surface area contributed by atoms with Gasteiger partial charge in [-0.05, 0) is 12.8 Å². The third-order valence-electron chi connectivity index (χ3n) is 2.19. The number of aromatic nitrogens is 1. The first-order valence-electron chi connectivity index (χ1n) is 4.74. The number of nitrogens with zero attached hydrogens (tertiary/aromatic N) is 2. The average Bonchev–Trinajstić information content (AvgIpc) is 2.69. The van der Waals surface area contributed by atoms with Crippen molar-refractivity contribution < 1.29 is 4.79 Å². The van der Waals surface area contributed by atoms with Gasteiger partial charge < -0.3 is 10.2 Å². The Morgan fingerprint density at radius 2 is 2.29 bits per heavy atom. The van der Waals surface area contributed by atoms with Crippen LogP contribution < -0.4 is 10.2 Å². The van der Waals surface area contributed by atoms with Crippen molar-refractivity contribution in [3.63, 3.8) is 0 Å². The summed E-state index contributed by atoms with van der Waals surface area (Å²) < 4.78 is 0. The zero-order valence-electron chi connectivity index (χ0n) is 8.12. The number of carbonyl (C=O) groups is 1. The second kappa shape index (κ2) is 3.96. The fraction of sp³-hybridized carbons (Fsp3) is 0.556. The molecule has 1 amide bonds. The van der Waals surface area contributed by atoms with Gasteiger partial charge in [0.1, 0.15) is 5.00 Å². The van der Waals surface area contributed by atoms with E-state index >= 15 is 0 Å². The first-order chi connectivity index (χ1) is 6.75. The van der Waals surface area contributed by atoms with Crippen molar-refractivity contribution in [1.29, 1.82) is 0 Å². The van der Waals surface area contributed by atoms with E-state index in [0.29, 0.717) is 5.13 Å². The number of nitrogens with one attached hydrogen (secondary N) is 1. The normalized spacial score (nSPS) is 15.9. The van der Waals surface area contributed by atoms with Gasteiger partial charge in [-0.2, -0.15) is 0 Å². The first kappa shape index (κ1) is 9.45. The molecule has 14 heavy (non-hydrogen) atoms. The van der Waals surface area contributed by atoms with E-state index in [1.54, 1.807) is 11.3 Å². The van der Waals surface area contributed by atoms with Crippen LogP contribution in [-0.4, -0.2) is 24.0 Å². The van der Waals surface area contributed by atoms with Crippen molar-refractivity contribution in [1.82, 2.24) is 4.98 Å². The number of hydrogen-bond donors (Lipinski definition) is 1. The smallest absolute Gasteiger partial charge is 0.223 e. The molecule has 0 radical (unpaired) electrons. The minimum atomic E-state index is -0.0627. The lowest BCUT2D eigenvalue weighted by Crippen LogP contribution is -2.15. The number of hydrogen-bond acceptors (Lipinski definition) is 4. The molecule has 0 unspecified atom stereocenters. The molecule has 4 nitrogen and oxygen atoms in total. The van der Waals surface area contributed by atoms with E-state index in [1.807, 2.05) is 6.20 Å². The van der Waals surface area contributed by atoms with Gasteiger partial charge in [0, 0.05) is 20.0 Å². The number of anilines is 2. The highest BCUT2D eigenvalue weighted by Crippen LogP contribution is 2.29. The molecule has 0 aromatic carbocycles. The molecular formula is C9H13N3OS. The van der Waals surface area contributed by atoms with Crippen molar-refractivity contribution in [2.45, 2.75) is 19.8 Å². The largest absolute Gasteiger partial charge is 0.362 e. The standard InChI is InChI=1S/C9H13N3OS/c1-7(13)11-9-10-6-8(14-9)12-4-2-3-5-12/h6H,2-5H2,1H3,(H,10,11,13). The summed E-state index contributed by atoms with van der Waals surface area (Å²) in [6.45, 7) is 3.72. The van der Waals surface area contributed by atoms with E-state index in [-0.39, 0.29) is 5.91 Å². The summed E-state index contributed by atoms with van der Waals surface area (Å²) in [7, 11) is 0. The maximum Gasteiger partial charge on any atom is 0.223 e. The Balaban J connectivity index is 2.05. The molecule has 1 N–H and O–H groups in total. The van der Waals surface area contributed by atoms with Crippen molar-refractivity contribution in [2.75, 3.05) is 23.3 Å². The second-order valence-electron chi connectivity index (χ2n) is 3.38. The van der Waals surface area contributed by atoms with Crippen LogP contribution in [0.2, 0.25) is 0 Å². The molecule has 0 spiro atoms. The van der Waals surface area contributed by atoms with Crippen molar-refractivity contribution >= 4 is 27.4 Å². The van der Waals surface area contributed by atoms with E-state index in [9.17, 15) is 4.79 Å². The molecule has 1 aromatic rings. The molecule has 1 aromatic heterocycles. The molecule has 2 heterocycles. The number of thiazole rings is 1. The number of rotatable bonds is 2. The van der Waals surface area contributed by atoms with Gasteiger partial charge in [-0.15, -0.1) is 0 Å². The third kappa shape index (κ3) is 2.04. The van der Waals surface area contributed by atoms with Gasteiger partial charge in [-0.3, -0.25) is 4.79 Å². The Hall–Kier alpha value is -1.10. The first-order valence-corrected chi connectivity index (χ1v) is 5.56. The summed E-state index contributed by atoms with van der Waals surface area (Å²) in [5, 5.41) is 4.54. The van der Waals surface area contributed by atoms with E-state index in [0.717, 1.165) is 18.1 Å². The Morgan fingerprint density at radius 3 is 2.93 bits per heavy atom. The van der Waals surface area contributed by atoms with Crippen LogP contribution in [0.4, 0.5) is 10.1 Å². The molecule has 5 heteroatoms. The van der Waals surface area contributed by atoms with Gasteiger partial charge in [0.2, 0.25) is 5.91 Å². The van der Waals surface area contributed by atoms with Crippen LogP contribution in [-0.2, 0) is 4.79 Å². The molecule has 1 aliphatic heterocycles.